The van der Waals surface area contributed by atoms with Crippen molar-refractivity contribution in [1.29, 1.82) is 0 Å². The second kappa shape index (κ2) is 9.21. The SMILES string of the molecule is COc1cc2nc(C)n(CC(=O)N3CCCC4=C[C@H]5C[C@@H](CN6CCCC[C@H]56)[C@@H]43)c(=O)c2cc1OC. The predicted octanol–water partition coefficient (Wildman–Crippen LogP) is 3.14. The second-order valence-corrected chi connectivity index (χ2v) is 10.9. The summed E-state index contributed by atoms with van der Waals surface area (Å²) in [7, 11) is 3.10. The van der Waals surface area contributed by atoms with Gasteiger partial charge in [-0.3, -0.25) is 19.1 Å². The minimum absolute atomic E-state index is 0.00815. The molecule has 1 aromatic heterocycles. The lowest BCUT2D eigenvalue weighted by Crippen LogP contribution is -2.60. The minimum atomic E-state index is -0.225. The third-order valence-corrected chi connectivity index (χ3v) is 8.92. The molecule has 0 spiro atoms. The number of aromatic nitrogens is 2. The van der Waals surface area contributed by atoms with Crippen LogP contribution in [0.25, 0.3) is 10.9 Å². The van der Waals surface area contributed by atoms with Crippen LogP contribution in [0.1, 0.15) is 44.3 Å². The molecule has 4 aliphatic rings. The van der Waals surface area contributed by atoms with E-state index in [9.17, 15) is 9.59 Å². The molecule has 2 aromatic rings. The Morgan fingerprint density at radius 1 is 1.11 bits per heavy atom. The molecule has 0 unspecified atom stereocenters. The van der Waals surface area contributed by atoms with Gasteiger partial charge in [-0.05, 0) is 63.5 Å². The first kappa shape index (κ1) is 23.5. The number of hydrogen-bond donors (Lipinski definition) is 0. The first-order chi connectivity index (χ1) is 17.5. The molecule has 4 atom stereocenters. The Morgan fingerprint density at radius 2 is 1.92 bits per heavy atom. The van der Waals surface area contributed by atoms with Crippen LogP contribution >= 0.6 is 0 Å². The van der Waals surface area contributed by atoms with Crippen LogP contribution in [0.4, 0.5) is 0 Å². The molecular formula is C28H36N4O4. The number of aryl methyl sites for hydroxylation is 1. The highest BCUT2D eigenvalue weighted by atomic mass is 16.5. The van der Waals surface area contributed by atoms with Crippen molar-refractivity contribution in [3.05, 3.63) is 40.0 Å². The average Bonchev–Trinajstić information content (AvgIpc) is 2.90. The third-order valence-electron chi connectivity index (χ3n) is 8.92. The molecule has 3 fully saturated rings. The summed E-state index contributed by atoms with van der Waals surface area (Å²) in [5.74, 6) is 2.65. The minimum Gasteiger partial charge on any atom is -0.493 e. The van der Waals surface area contributed by atoms with Gasteiger partial charge in [0.25, 0.3) is 5.56 Å². The summed E-state index contributed by atoms with van der Waals surface area (Å²) in [6.07, 6.45) is 9.71. The monoisotopic (exact) mass is 492 g/mol. The maximum absolute atomic E-state index is 13.8. The number of hydrogen-bond acceptors (Lipinski definition) is 6. The highest BCUT2D eigenvalue weighted by molar-refractivity contribution is 5.83. The Labute approximate surface area is 211 Å². The normalized spacial score (nSPS) is 27.8. The van der Waals surface area contributed by atoms with E-state index in [2.05, 4.69) is 20.9 Å². The van der Waals surface area contributed by atoms with Crippen LogP contribution in [0, 0.1) is 18.8 Å². The van der Waals surface area contributed by atoms with Gasteiger partial charge in [0.15, 0.2) is 11.5 Å². The van der Waals surface area contributed by atoms with Crippen LogP contribution in [-0.2, 0) is 11.3 Å². The van der Waals surface area contributed by atoms with Gasteiger partial charge >= 0.3 is 0 Å². The van der Waals surface area contributed by atoms with Crippen LogP contribution in [0.3, 0.4) is 0 Å². The number of methoxy groups -OCH3 is 2. The molecular weight excluding hydrogens is 456 g/mol. The summed E-state index contributed by atoms with van der Waals surface area (Å²) in [6, 6.07) is 4.23. The molecule has 0 saturated carbocycles. The molecule has 8 nitrogen and oxygen atoms in total. The van der Waals surface area contributed by atoms with Crippen molar-refractivity contribution < 1.29 is 14.3 Å². The van der Waals surface area contributed by atoms with E-state index in [0.717, 1.165) is 25.9 Å². The molecule has 192 valence electrons. The molecule has 36 heavy (non-hydrogen) atoms. The molecule has 1 amide bonds. The van der Waals surface area contributed by atoms with Gasteiger partial charge in [-0.25, -0.2) is 4.98 Å². The Balaban J connectivity index is 1.30. The molecule has 3 saturated heterocycles. The van der Waals surface area contributed by atoms with Gasteiger partial charge in [-0.2, -0.15) is 0 Å². The van der Waals surface area contributed by atoms with E-state index >= 15 is 0 Å². The fraction of sp³-hybridized carbons (Fsp3) is 0.607. The molecule has 6 rings (SSSR count). The number of ether oxygens (including phenoxy) is 2. The number of fused-ring (bicyclic) bond motifs is 7. The quantitative estimate of drug-likeness (QED) is 0.611. The van der Waals surface area contributed by atoms with Gasteiger partial charge in [-0.15, -0.1) is 0 Å². The molecule has 1 aromatic carbocycles. The molecule has 4 heterocycles. The van der Waals surface area contributed by atoms with E-state index in [-0.39, 0.29) is 24.1 Å². The molecule has 0 radical (unpaired) electrons. The van der Waals surface area contributed by atoms with Crippen LogP contribution in [0.2, 0.25) is 0 Å². The fourth-order valence-electron chi connectivity index (χ4n) is 7.32. The van der Waals surface area contributed by atoms with Crippen molar-refractivity contribution in [1.82, 2.24) is 19.4 Å². The second-order valence-electron chi connectivity index (χ2n) is 10.9. The van der Waals surface area contributed by atoms with Crippen molar-refractivity contribution >= 4 is 16.8 Å². The van der Waals surface area contributed by atoms with Crippen LogP contribution in [0.15, 0.2) is 28.6 Å². The Bertz CT molecular complexity index is 1280. The third kappa shape index (κ3) is 3.81. The number of carbonyl (C=O) groups excluding carboxylic acids is 1. The Kier molecular flexibility index (Phi) is 6.02. The van der Waals surface area contributed by atoms with Crippen molar-refractivity contribution in [2.24, 2.45) is 11.8 Å². The lowest BCUT2D eigenvalue weighted by Gasteiger charge is -2.54. The fourth-order valence-corrected chi connectivity index (χ4v) is 7.32. The summed E-state index contributed by atoms with van der Waals surface area (Å²) < 4.78 is 12.3. The lowest BCUT2D eigenvalue weighted by molar-refractivity contribution is -0.137. The lowest BCUT2D eigenvalue weighted by atomic mass is 9.68. The van der Waals surface area contributed by atoms with Crippen molar-refractivity contribution in [2.45, 2.75) is 64.1 Å². The van der Waals surface area contributed by atoms with E-state index in [1.165, 1.54) is 42.4 Å². The Hall–Kier alpha value is -2.87. The van der Waals surface area contributed by atoms with E-state index in [1.54, 1.807) is 33.3 Å². The molecule has 0 N–H and O–H groups in total. The topological polar surface area (TPSA) is 76.9 Å². The summed E-state index contributed by atoms with van der Waals surface area (Å²) >= 11 is 0. The van der Waals surface area contributed by atoms with E-state index in [4.69, 9.17) is 9.47 Å². The molecule has 1 aliphatic carbocycles. The van der Waals surface area contributed by atoms with Crippen LogP contribution < -0.4 is 15.0 Å². The number of rotatable bonds is 4. The van der Waals surface area contributed by atoms with Crippen LogP contribution in [0.5, 0.6) is 11.5 Å². The number of benzene rings is 1. The smallest absolute Gasteiger partial charge is 0.262 e. The maximum atomic E-state index is 13.8. The summed E-state index contributed by atoms with van der Waals surface area (Å²) in [5, 5.41) is 0.425. The number of piperidine rings is 3. The van der Waals surface area contributed by atoms with Gasteiger partial charge in [0.1, 0.15) is 12.4 Å². The number of likely N-dealkylation sites (tertiary alicyclic amines) is 1. The largest absolute Gasteiger partial charge is 0.493 e. The highest BCUT2D eigenvalue weighted by Crippen LogP contribution is 2.45. The number of amides is 1. The first-order valence-electron chi connectivity index (χ1n) is 13.4. The van der Waals surface area contributed by atoms with Gasteiger partial charge < -0.3 is 14.4 Å². The summed E-state index contributed by atoms with van der Waals surface area (Å²) in [4.78, 5) is 36.7. The molecule has 3 aliphatic heterocycles. The predicted molar refractivity (Wildman–Crippen MR) is 137 cm³/mol. The summed E-state index contributed by atoms with van der Waals surface area (Å²) in [6.45, 7) is 4.83. The van der Waals surface area contributed by atoms with Crippen LogP contribution in [-0.4, -0.2) is 71.2 Å². The van der Waals surface area contributed by atoms with E-state index in [1.807, 2.05) is 0 Å². The zero-order valence-corrected chi connectivity index (χ0v) is 21.5. The molecule has 8 heteroatoms. The van der Waals surface area contributed by atoms with Gasteiger partial charge in [0.05, 0.1) is 31.2 Å². The zero-order chi connectivity index (χ0) is 25.0. The first-order valence-corrected chi connectivity index (χ1v) is 13.4. The Morgan fingerprint density at radius 3 is 2.72 bits per heavy atom. The number of carbonyl (C=O) groups is 1. The standard InChI is InChI=1S/C28H36N4O4/c1-17-29-22-14-25(36-3)24(35-2)13-21(22)28(34)32(17)16-26(33)31-10-6-7-18-11-19-12-20(27(18)31)15-30-9-5-4-8-23(19)30/h11,13-14,19-20,23,27H,4-10,12,15-16H2,1-3H3/t19-,20-,23+,27+/m0/s1. The van der Waals surface area contributed by atoms with Crippen molar-refractivity contribution in [3.8, 4) is 11.5 Å². The van der Waals surface area contributed by atoms with Gasteiger partial charge in [0.2, 0.25) is 5.91 Å². The van der Waals surface area contributed by atoms with E-state index in [0.29, 0.717) is 46.1 Å². The van der Waals surface area contributed by atoms with E-state index < -0.39 is 0 Å². The highest BCUT2D eigenvalue weighted by Gasteiger charge is 2.46. The van der Waals surface area contributed by atoms with Crippen molar-refractivity contribution in [3.63, 3.8) is 0 Å². The van der Waals surface area contributed by atoms with Crippen molar-refractivity contribution in [2.75, 3.05) is 33.9 Å². The summed E-state index contributed by atoms with van der Waals surface area (Å²) in [5.41, 5.74) is 1.77. The average molecular weight is 493 g/mol. The molecule has 2 bridgehead atoms. The zero-order valence-electron chi connectivity index (χ0n) is 21.5. The maximum Gasteiger partial charge on any atom is 0.262 e. The van der Waals surface area contributed by atoms with Gasteiger partial charge in [-0.1, -0.05) is 18.1 Å². The number of nitrogens with zero attached hydrogens (tertiary/aromatic N) is 4. The van der Waals surface area contributed by atoms with Gasteiger partial charge in [0, 0.05) is 25.2 Å².